The Morgan fingerprint density at radius 3 is 1.71 bits per heavy atom. The number of carbonyl (C=O) groups is 1. The first kappa shape index (κ1) is 17.9. The van der Waals surface area contributed by atoms with E-state index in [9.17, 15) is 9.90 Å². The predicted molar refractivity (Wildman–Crippen MR) is 88.5 cm³/mol. The lowest BCUT2D eigenvalue weighted by atomic mass is 9.79. The van der Waals surface area contributed by atoms with Gasteiger partial charge in [-0.15, -0.1) is 11.8 Å². The van der Waals surface area contributed by atoms with Crippen LogP contribution in [0.25, 0.3) is 0 Å². The quantitative estimate of drug-likeness (QED) is 0.804. The monoisotopic (exact) mass is 310 g/mol. The lowest BCUT2D eigenvalue weighted by Gasteiger charge is -2.28. The average Bonchev–Trinajstić information content (AvgIpc) is 2.27. The molecule has 118 valence electrons. The Hall–Kier alpha value is -1.16. The molecule has 0 bridgehead atoms. The predicted octanol–water partition coefficient (Wildman–Crippen LogP) is 4.55. The Labute approximate surface area is 131 Å². The number of carboxylic acids is 1. The molecule has 0 radical (unpaired) electrons. The van der Waals surface area contributed by atoms with Crippen molar-refractivity contribution in [3.05, 3.63) is 23.3 Å². The molecular formula is C17H26O3S. The lowest BCUT2D eigenvalue weighted by molar-refractivity contribution is -0.136. The fourth-order valence-corrected chi connectivity index (χ4v) is 2.95. The number of carboxylic acid groups (broad SMARTS) is 1. The third kappa shape index (κ3) is 4.40. The molecule has 0 amide bonds. The topological polar surface area (TPSA) is 57.5 Å². The van der Waals surface area contributed by atoms with E-state index in [4.69, 9.17) is 5.11 Å². The third-order valence-electron chi connectivity index (χ3n) is 3.36. The number of hydrogen-bond donors (Lipinski definition) is 2. The van der Waals surface area contributed by atoms with E-state index in [-0.39, 0.29) is 10.8 Å². The van der Waals surface area contributed by atoms with Crippen LogP contribution in [0.5, 0.6) is 5.75 Å². The number of hydrogen-bond acceptors (Lipinski definition) is 3. The maximum absolute atomic E-state index is 11.1. The fraction of sp³-hybridized carbons (Fsp3) is 0.588. The fourth-order valence-electron chi connectivity index (χ4n) is 2.07. The van der Waals surface area contributed by atoms with Crippen molar-refractivity contribution in [2.45, 2.75) is 69.4 Å². The molecule has 0 spiro atoms. The first-order valence-electron chi connectivity index (χ1n) is 7.11. The normalized spacial score (nSPS) is 14.0. The summed E-state index contributed by atoms with van der Waals surface area (Å²) in [4.78, 5) is 12.0. The minimum absolute atomic E-state index is 0.201. The van der Waals surface area contributed by atoms with Gasteiger partial charge in [0.2, 0.25) is 0 Å². The lowest BCUT2D eigenvalue weighted by Crippen LogP contribution is -2.18. The van der Waals surface area contributed by atoms with Crippen LogP contribution in [0, 0.1) is 0 Å². The van der Waals surface area contributed by atoms with Crippen LogP contribution in [0.3, 0.4) is 0 Å². The summed E-state index contributed by atoms with van der Waals surface area (Å²) in [6.07, 6.45) is 0. The van der Waals surface area contributed by atoms with Crippen LogP contribution in [0.4, 0.5) is 0 Å². The van der Waals surface area contributed by atoms with Crippen LogP contribution in [-0.2, 0) is 15.6 Å². The Kier molecular flexibility index (Phi) is 5.04. The van der Waals surface area contributed by atoms with E-state index < -0.39 is 11.2 Å². The molecule has 2 N–H and O–H groups in total. The van der Waals surface area contributed by atoms with Crippen molar-refractivity contribution in [1.82, 2.24) is 0 Å². The molecule has 21 heavy (non-hydrogen) atoms. The van der Waals surface area contributed by atoms with Crippen molar-refractivity contribution in [1.29, 1.82) is 0 Å². The number of phenols is 1. The van der Waals surface area contributed by atoms with Crippen molar-refractivity contribution in [2.24, 2.45) is 0 Å². The highest BCUT2D eigenvalue weighted by atomic mass is 32.2. The highest BCUT2D eigenvalue weighted by Crippen LogP contribution is 2.42. The number of benzene rings is 1. The Morgan fingerprint density at radius 1 is 1.05 bits per heavy atom. The summed E-state index contributed by atoms with van der Waals surface area (Å²) in [5, 5.41) is 19.2. The molecule has 0 heterocycles. The van der Waals surface area contributed by atoms with Gasteiger partial charge in [0.25, 0.3) is 0 Å². The van der Waals surface area contributed by atoms with Crippen LogP contribution in [0.1, 0.15) is 59.6 Å². The Bertz CT molecular complexity index is 501. The van der Waals surface area contributed by atoms with E-state index in [1.165, 1.54) is 11.8 Å². The molecule has 4 heteroatoms. The second-order valence-corrected chi connectivity index (χ2v) is 8.88. The molecule has 1 unspecified atom stereocenters. The molecule has 1 aromatic rings. The number of rotatable bonds is 3. The van der Waals surface area contributed by atoms with Gasteiger partial charge in [-0.3, -0.25) is 4.79 Å². The largest absolute Gasteiger partial charge is 0.507 e. The molecule has 0 aliphatic rings. The summed E-state index contributed by atoms with van der Waals surface area (Å²) in [6, 6.07) is 3.82. The van der Waals surface area contributed by atoms with Gasteiger partial charge in [0.1, 0.15) is 11.0 Å². The molecule has 0 aliphatic heterocycles. The van der Waals surface area contributed by atoms with Gasteiger partial charge in [0.15, 0.2) is 0 Å². The molecule has 3 nitrogen and oxygen atoms in total. The highest BCUT2D eigenvalue weighted by molar-refractivity contribution is 8.00. The summed E-state index contributed by atoms with van der Waals surface area (Å²) in [5.41, 5.74) is 1.31. The van der Waals surface area contributed by atoms with E-state index in [0.29, 0.717) is 5.75 Å². The van der Waals surface area contributed by atoms with E-state index >= 15 is 0 Å². The highest BCUT2D eigenvalue weighted by Gasteiger charge is 2.27. The number of thioether (sulfide) groups is 1. The van der Waals surface area contributed by atoms with Gasteiger partial charge in [0, 0.05) is 16.0 Å². The van der Waals surface area contributed by atoms with Crippen molar-refractivity contribution < 1.29 is 15.0 Å². The molecule has 0 fully saturated rings. The van der Waals surface area contributed by atoms with Crippen LogP contribution in [-0.4, -0.2) is 21.4 Å². The van der Waals surface area contributed by atoms with Gasteiger partial charge in [-0.1, -0.05) is 41.5 Å². The number of phenolic OH excluding ortho intramolecular Hbond substituents is 1. The van der Waals surface area contributed by atoms with Crippen molar-refractivity contribution in [3.8, 4) is 5.75 Å². The molecule has 1 rings (SSSR count). The number of aliphatic carboxylic acids is 1. The SMILES string of the molecule is CC(Sc1cc(C(C)(C)C)c(O)c(C(C)(C)C)c1)C(=O)O. The molecule has 0 saturated heterocycles. The van der Waals surface area contributed by atoms with Gasteiger partial charge in [-0.05, 0) is 29.9 Å². The van der Waals surface area contributed by atoms with Crippen LogP contribution in [0.2, 0.25) is 0 Å². The first-order chi connectivity index (χ1) is 9.34. The molecule has 0 aromatic heterocycles. The summed E-state index contributed by atoms with van der Waals surface area (Å²) >= 11 is 1.31. The van der Waals surface area contributed by atoms with Crippen LogP contribution >= 0.6 is 11.8 Å². The van der Waals surface area contributed by atoms with Crippen molar-refractivity contribution in [3.63, 3.8) is 0 Å². The maximum Gasteiger partial charge on any atom is 0.316 e. The molecular weight excluding hydrogens is 284 g/mol. The first-order valence-corrected chi connectivity index (χ1v) is 7.99. The average molecular weight is 310 g/mol. The van der Waals surface area contributed by atoms with E-state index in [2.05, 4.69) is 0 Å². The molecule has 1 atom stereocenters. The van der Waals surface area contributed by atoms with E-state index in [1.807, 2.05) is 53.7 Å². The maximum atomic E-state index is 11.1. The van der Waals surface area contributed by atoms with Crippen molar-refractivity contribution >= 4 is 17.7 Å². The van der Waals surface area contributed by atoms with Gasteiger partial charge >= 0.3 is 5.97 Å². The van der Waals surface area contributed by atoms with Crippen LogP contribution < -0.4 is 0 Å². The smallest absolute Gasteiger partial charge is 0.316 e. The van der Waals surface area contributed by atoms with Gasteiger partial charge < -0.3 is 10.2 Å². The van der Waals surface area contributed by atoms with E-state index in [1.54, 1.807) is 6.92 Å². The zero-order valence-electron chi connectivity index (χ0n) is 13.9. The minimum Gasteiger partial charge on any atom is -0.507 e. The standard InChI is InChI=1S/C17H26O3S/c1-10(15(19)20)21-11-8-12(16(2,3)4)14(18)13(9-11)17(5,6)7/h8-10,18H,1-7H3,(H,19,20). The zero-order valence-corrected chi connectivity index (χ0v) is 14.8. The minimum atomic E-state index is -0.831. The molecule has 0 aliphatic carbocycles. The van der Waals surface area contributed by atoms with Gasteiger partial charge in [0.05, 0.1) is 0 Å². The van der Waals surface area contributed by atoms with Crippen LogP contribution in [0.15, 0.2) is 17.0 Å². The van der Waals surface area contributed by atoms with Crippen molar-refractivity contribution in [2.75, 3.05) is 0 Å². The van der Waals surface area contributed by atoms with Gasteiger partial charge in [-0.2, -0.15) is 0 Å². The summed E-state index contributed by atoms with van der Waals surface area (Å²) in [5.74, 6) is -0.509. The van der Waals surface area contributed by atoms with E-state index in [0.717, 1.165) is 16.0 Å². The Morgan fingerprint density at radius 2 is 1.43 bits per heavy atom. The second-order valence-electron chi connectivity index (χ2n) is 7.47. The molecule has 0 saturated carbocycles. The summed E-state index contributed by atoms with van der Waals surface area (Å²) in [6.45, 7) is 13.9. The number of aromatic hydroxyl groups is 1. The van der Waals surface area contributed by atoms with Gasteiger partial charge in [-0.25, -0.2) is 0 Å². The third-order valence-corrected chi connectivity index (χ3v) is 4.42. The Balaban J connectivity index is 3.44. The summed E-state index contributed by atoms with van der Waals surface area (Å²) in [7, 11) is 0. The zero-order chi connectivity index (χ0) is 16.6. The second kappa shape index (κ2) is 5.91. The molecule has 1 aromatic carbocycles. The summed E-state index contributed by atoms with van der Waals surface area (Å²) < 4.78 is 0.